The normalized spacial score (nSPS) is 16.0. The van der Waals surface area contributed by atoms with Gasteiger partial charge in [-0.2, -0.15) is 5.01 Å². The van der Waals surface area contributed by atoms with E-state index in [1.807, 2.05) is 42.8 Å². The van der Waals surface area contributed by atoms with Gasteiger partial charge in [-0.15, -0.1) is 0 Å². The van der Waals surface area contributed by atoms with Gasteiger partial charge in [0.15, 0.2) is 4.32 Å². The number of aryl methyl sites for hydroxylation is 2. The summed E-state index contributed by atoms with van der Waals surface area (Å²) >= 11 is 6.72. The molecule has 2 aromatic rings. The molecule has 0 bridgehead atoms. The molecule has 130 valence electrons. The summed E-state index contributed by atoms with van der Waals surface area (Å²) in [6, 6.07) is 9.41. The third kappa shape index (κ3) is 3.29. The Labute approximate surface area is 156 Å². The summed E-state index contributed by atoms with van der Waals surface area (Å²) in [4.78, 5) is 13.5. The van der Waals surface area contributed by atoms with Crippen molar-refractivity contribution in [3.05, 3.63) is 52.2 Å². The molecular formula is C18H18N2O3S2. The van der Waals surface area contributed by atoms with Crippen LogP contribution in [0.2, 0.25) is 0 Å². The number of nitrogens with zero attached hydrogens (tertiary/aromatic N) is 2. The zero-order valence-electron chi connectivity index (χ0n) is 14.4. The number of rotatable bonds is 4. The van der Waals surface area contributed by atoms with Crippen molar-refractivity contribution in [3.8, 4) is 11.5 Å². The number of thioether (sulfide) groups is 1. The SMILES string of the molecule is COc1cc(/C=C2/SC(=S)N(n3c(C)ccc3C)C2=O)cc(OC)c1. The second-order valence-corrected chi connectivity index (χ2v) is 7.24. The largest absolute Gasteiger partial charge is 0.497 e. The number of ether oxygens (including phenoxy) is 2. The van der Waals surface area contributed by atoms with Gasteiger partial charge >= 0.3 is 0 Å². The highest BCUT2D eigenvalue weighted by atomic mass is 32.2. The minimum atomic E-state index is -0.140. The van der Waals surface area contributed by atoms with Gasteiger partial charge in [-0.05, 0) is 62.0 Å². The van der Waals surface area contributed by atoms with Crippen LogP contribution in [0.5, 0.6) is 11.5 Å². The molecule has 3 rings (SSSR count). The summed E-state index contributed by atoms with van der Waals surface area (Å²) in [5.74, 6) is 1.19. The molecule has 0 saturated carbocycles. The fraction of sp³-hybridized carbons (Fsp3) is 0.222. The van der Waals surface area contributed by atoms with E-state index in [2.05, 4.69) is 0 Å². The van der Waals surface area contributed by atoms with Crippen LogP contribution in [0.1, 0.15) is 17.0 Å². The number of thiocarbonyl (C=S) groups is 1. The van der Waals surface area contributed by atoms with E-state index in [-0.39, 0.29) is 5.91 Å². The number of carbonyl (C=O) groups is 1. The molecule has 1 fully saturated rings. The number of amides is 1. The van der Waals surface area contributed by atoms with Crippen LogP contribution in [0, 0.1) is 13.8 Å². The van der Waals surface area contributed by atoms with Crippen molar-refractivity contribution in [2.75, 3.05) is 19.2 Å². The Morgan fingerprint density at radius 2 is 1.60 bits per heavy atom. The summed E-state index contributed by atoms with van der Waals surface area (Å²) in [5.41, 5.74) is 2.73. The highest BCUT2D eigenvalue weighted by Gasteiger charge is 2.34. The van der Waals surface area contributed by atoms with E-state index >= 15 is 0 Å². The maximum absolute atomic E-state index is 12.9. The van der Waals surface area contributed by atoms with E-state index in [1.165, 1.54) is 16.8 Å². The first-order valence-electron chi connectivity index (χ1n) is 7.61. The second kappa shape index (κ2) is 6.93. The fourth-order valence-electron chi connectivity index (χ4n) is 2.67. The number of hydrogen-bond donors (Lipinski definition) is 0. The summed E-state index contributed by atoms with van der Waals surface area (Å²) in [5, 5.41) is 1.54. The third-order valence-electron chi connectivity index (χ3n) is 3.88. The molecule has 2 heterocycles. The van der Waals surface area contributed by atoms with E-state index in [4.69, 9.17) is 21.7 Å². The molecular weight excluding hydrogens is 356 g/mol. The van der Waals surface area contributed by atoms with Crippen LogP contribution in [-0.2, 0) is 4.79 Å². The van der Waals surface area contributed by atoms with Gasteiger partial charge < -0.3 is 9.47 Å². The molecule has 25 heavy (non-hydrogen) atoms. The lowest BCUT2D eigenvalue weighted by Crippen LogP contribution is -2.39. The average molecular weight is 374 g/mol. The molecule has 1 saturated heterocycles. The zero-order chi connectivity index (χ0) is 18.1. The Bertz CT molecular complexity index is 845. The molecule has 1 aromatic carbocycles. The minimum absolute atomic E-state index is 0.140. The van der Waals surface area contributed by atoms with Gasteiger partial charge in [-0.3, -0.25) is 9.47 Å². The topological polar surface area (TPSA) is 43.7 Å². The summed E-state index contributed by atoms with van der Waals surface area (Å²) in [7, 11) is 3.19. The number of aromatic nitrogens is 1. The molecule has 0 spiro atoms. The maximum atomic E-state index is 12.9. The molecule has 0 N–H and O–H groups in total. The maximum Gasteiger partial charge on any atom is 0.285 e. The van der Waals surface area contributed by atoms with Crippen LogP contribution < -0.4 is 14.5 Å². The van der Waals surface area contributed by atoms with Gasteiger partial charge in [-0.25, -0.2) is 0 Å². The van der Waals surface area contributed by atoms with Gasteiger partial charge in [0.25, 0.3) is 5.91 Å². The second-order valence-electron chi connectivity index (χ2n) is 5.57. The minimum Gasteiger partial charge on any atom is -0.497 e. The lowest BCUT2D eigenvalue weighted by Gasteiger charge is -2.20. The number of benzene rings is 1. The van der Waals surface area contributed by atoms with Crippen LogP contribution in [0.15, 0.2) is 35.2 Å². The van der Waals surface area contributed by atoms with E-state index in [1.54, 1.807) is 26.4 Å². The van der Waals surface area contributed by atoms with Gasteiger partial charge in [0.1, 0.15) is 11.5 Å². The Morgan fingerprint density at radius 1 is 1.04 bits per heavy atom. The van der Waals surface area contributed by atoms with Gasteiger partial charge in [0.05, 0.1) is 19.1 Å². The van der Waals surface area contributed by atoms with E-state index < -0.39 is 0 Å². The lowest BCUT2D eigenvalue weighted by atomic mass is 10.2. The smallest absolute Gasteiger partial charge is 0.285 e. The van der Waals surface area contributed by atoms with Crippen molar-refractivity contribution < 1.29 is 14.3 Å². The Morgan fingerprint density at radius 3 is 2.12 bits per heavy atom. The summed E-state index contributed by atoms with van der Waals surface area (Å²) in [6.07, 6.45) is 1.80. The quantitative estimate of drug-likeness (QED) is 0.604. The van der Waals surface area contributed by atoms with Gasteiger partial charge in [0, 0.05) is 17.5 Å². The molecule has 0 aliphatic carbocycles. The van der Waals surface area contributed by atoms with Crippen LogP contribution in [0.4, 0.5) is 0 Å². The molecule has 0 atom stereocenters. The summed E-state index contributed by atoms with van der Waals surface area (Å²) in [6.45, 7) is 3.89. The number of methoxy groups -OCH3 is 2. The summed E-state index contributed by atoms with van der Waals surface area (Å²) < 4.78 is 12.9. The first-order chi connectivity index (χ1) is 11.9. The molecule has 1 aliphatic rings. The lowest BCUT2D eigenvalue weighted by molar-refractivity contribution is -0.114. The van der Waals surface area contributed by atoms with Crippen LogP contribution >= 0.6 is 24.0 Å². The molecule has 1 aliphatic heterocycles. The van der Waals surface area contributed by atoms with Crippen LogP contribution in [-0.4, -0.2) is 29.1 Å². The molecule has 1 aromatic heterocycles. The standard InChI is InChI=1S/C18H18N2O3S2/c1-11-5-6-12(2)19(11)20-17(21)16(25-18(20)24)9-13-7-14(22-3)10-15(8-13)23-4/h5-10H,1-4H3/b16-9+. The van der Waals surface area contributed by atoms with Crippen molar-refractivity contribution in [1.82, 2.24) is 4.68 Å². The van der Waals surface area contributed by atoms with E-state index in [0.29, 0.717) is 20.7 Å². The number of carbonyl (C=O) groups excluding carboxylic acids is 1. The van der Waals surface area contributed by atoms with E-state index in [0.717, 1.165) is 17.0 Å². The Balaban J connectivity index is 1.99. The fourth-order valence-corrected chi connectivity index (χ4v) is 3.91. The van der Waals surface area contributed by atoms with Crippen LogP contribution in [0.3, 0.4) is 0 Å². The van der Waals surface area contributed by atoms with Gasteiger partial charge in [-0.1, -0.05) is 11.8 Å². The average Bonchev–Trinajstić information content (AvgIpc) is 3.06. The van der Waals surface area contributed by atoms with Crippen molar-refractivity contribution in [3.63, 3.8) is 0 Å². The van der Waals surface area contributed by atoms with Crippen molar-refractivity contribution in [2.24, 2.45) is 0 Å². The molecule has 5 nitrogen and oxygen atoms in total. The molecule has 7 heteroatoms. The van der Waals surface area contributed by atoms with E-state index in [9.17, 15) is 4.79 Å². The van der Waals surface area contributed by atoms with Crippen molar-refractivity contribution in [1.29, 1.82) is 0 Å². The first kappa shape index (κ1) is 17.6. The zero-order valence-corrected chi connectivity index (χ0v) is 16.0. The van der Waals surface area contributed by atoms with Crippen LogP contribution in [0.25, 0.3) is 6.08 Å². The molecule has 0 radical (unpaired) electrons. The predicted molar refractivity (Wildman–Crippen MR) is 105 cm³/mol. The first-order valence-corrected chi connectivity index (χ1v) is 8.83. The predicted octanol–water partition coefficient (Wildman–Crippen LogP) is 3.66. The highest BCUT2D eigenvalue weighted by Crippen LogP contribution is 2.34. The Hall–Kier alpha value is -2.25. The van der Waals surface area contributed by atoms with Crippen molar-refractivity contribution in [2.45, 2.75) is 13.8 Å². The molecule has 1 amide bonds. The van der Waals surface area contributed by atoms with Gasteiger partial charge in [0.2, 0.25) is 0 Å². The third-order valence-corrected chi connectivity index (χ3v) is 5.16. The number of hydrogen-bond acceptors (Lipinski definition) is 5. The molecule has 0 unspecified atom stereocenters. The monoisotopic (exact) mass is 374 g/mol. The highest BCUT2D eigenvalue weighted by molar-refractivity contribution is 8.27. The Kier molecular flexibility index (Phi) is 4.87. The van der Waals surface area contributed by atoms with Crippen molar-refractivity contribution >= 4 is 40.3 Å².